The van der Waals surface area contributed by atoms with Crippen molar-refractivity contribution in [1.82, 2.24) is 14.3 Å². The van der Waals surface area contributed by atoms with Gasteiger partial charge in [-0.3, -0.25) is 0 Å². The van der Waals surface area contributed by atoms with Crippen LogP contribution in [0.15, 0.2) is 16.9 Å². The van der Waals surface area contributed by atoms with Crippen LogP contribution in [0.4, 0.5) is 13.2 Å². The second-order valence-electron chi connectivity index (χ2n) is 5.14. The molecule has 4 nitrogen and oxygen atoms in total. The molecule has 0 spiro atoms. The first-order valence-electron chi connectivity index (χ1n) is 7.09. The SMILES string of the molecule is Cc1nn(-c2cc(C3SCCCS3)c(Cl)cc2F)c(=O)n1C(F)F. The molecule has 1 aliphatic rings. The number of rotatable bonds is 3. The van der Waals surface area contributed by atoms with Crippen molar-refractivity contribution in [2.45, 2.75) is 24.5 Å². The van der Waals surface area contributed by atoms with Gasteiger partial charge in [0.2, 0.25) is 0 Å². The zero-order valence-electron chi connectivity index (χ0n) is 12.5. The van der Waals surface area contributed by atoms with Crippen LogP contribution in [0.3, 0.4) is 0 Å². The van der Waals surface area contributed by atoms with E-state index in [0.29, 0.717) is 10.2 Å². The number of thioether (sulfide) groups is 2. The summed E-state index contributed by atoms with van der Waals surface area (Å²) in [5, 5.41) is 4.02. The molecule has 2 heterocycles. The number of aromatic nitrogens is 3. The maximum atomic E-state index is 14.3. The smallest absolute Gasteiger partial charge is 0.245 e. The first kappa shape index (κ1) is 17.8. The van der Waals surface area contributed by atoms with E-state index in [1.54, 1.807) is 23.5 Å². The van der Waals surface area contributed by atoms with Gasteiger partial charge < -0.3 is 0 Å². The summed E-state index contributed by atoms with van der Waals surface area (Å²) in [5.74, 6) is 0.947. The Bertz CT molecular complexity index is 818. The van der Waals surface area contributed by atoms with E-state index in [2.05, 4.69) is 5.10 Å². The lowest BCUT2D eigenvalue weighted by molar-refractivity contribution is 0.0640. The van der Waals surface area contributed by atoms with E-state index in [4.69, 9.17) is 11.6 Å². The zero-order chi connectivity index (χ0) is 17.4. The number of hydrogen-bond acceptors (Lipinski definition) is 4. The molecule has 0 N–H and O–H groups in total. The first-order chi connectivity index (χ1) is 11.4. The number of benzene rings is 1. The second kappa shape index (κ2) is 7.05. The normalized spacial score (nSPS) is 16.1. The van der Waals surface area contributed by atoms with Crippen LogP contribution in [0.1, 0.15) is 28.9 Å². The van der Waals surface area contributed by atoms with Crippen LogP contribution in [0.5, 0.6) is 0 Å². The third-order valence-electron chi connectivity index (χ3n) is 3.55. The summed E-state index contributed by atoms with van der Waals surface area (Å²) < 4.78 is 41.1. The van der Waals surface area contributed by atoms with Crippen molar-refractivity contribution in [2.24, 2.45) is 0 Å². The van der Waals surface area contributed by atoms with E-state index in [9.17, 15) is 18.0 Å². The third-order valence-corrected chi connectivity index (χ3v) is 6.86. The predicted octanol–water partition coefficient (Wildman–Crippen LogP) is 4.40. The van der Waals surface area contributed by atoms with Crippen LogP contribution in [0, 0.1) is 12.7 Å². The fourth-order valence-corrected chi connectivity index (χ4v) is 5.75. The molecule has 0 saturated carbocycles. The number of aryl methyl sites for hydroxylation is 1. The van der Waals surface area contributed by atoms with Crippen molar-refractivity contribution >= 4 is 35.1 Å². The van der Waals surface area contributed by atoms with Crippen LogP contribution >= 0.6 is 35.1 Å². The van der Waals surface area contributed by atoms with Gasteiger partial charge in [-0.25, -0.2) is 13.8 Å². The van der Waals surface area contributed by atoms with Gasteiger partial charge in [-0.05, 0) is 42.5 Å². The summed E-state index contributed by atoms with van der Waals surface area (Å²) in [7, 11) is 0. The monoisotopic (exact) mass is 395 g/mol. The maximum Gasteiger partial charge on any atom is 0.355 e. The Hall–Kier alpha value is -1.06. The average molecular weight is 396 g/mol. The molecular formula is C14H13ClF3N3OS2. The molecule has 24 heavy (non-hydrogen) atoms. The molecule has 0 atom stereocenters. The van der Waals surface area contributed by atoms with Gasteiger partial charge in [-0.15, -0.1) is 28.6 Å². The molecule has 0 aliphatic carbocycles. The summed E-state index contributed by atoms with van der Waals surface area (Å²) in [6.45, 7) is -1.77. The van der Waals surface area contributed by atoms with Gasteiger partial charge >= 0.3 is 12.2 Å². The molecule has 0 bridgehead atoms. The lowest BCUT2D eigenvalue weighted by atomic mass is 10.2. The highest BCUT2D eigenvalue weighted by Gasteiger charge is 2.24. The maximum absolute atomic E-state index is 14.3. The minimum Gasteiger partial charge on any atom is -0.245 e. The minimum atomic E-state index is -3.04. The summed E-state index contributed by atoms with van der Waals surface area (Å²) in [6, 6.07) is 2.53. The van der Waals surface area contributed by atoms with Crippen molar-refractivity contribution in [3.05, 3.63) is 44.8 Å². The van der Waals surface area contributed by atoms with E-state index in [-0.39, 0.29) is 25.7 Å². The van der Waals surface area contributed by atoms with Crippen molar-refractivity contribution in [2.75, 3.05) is 11.5 Å². The van der Waals surface area contributed by atoms with Gasteiger partial charge in [0.25, 0.3) is 0 Å². The van der Waals surface area contributed by atoms with Crippen LogP contribution in [-0.2, 0) is 0 Å². The summed E-state index contributed by atoms with van der Waals surface area (Å²) >= 11 is 9.51. The highest BCUT2D eigenvalue weighted by Crippen LogP contribution is 2.46. The molecule has 10 heteroatoms. The van der Waals surface area contributed by atoms with Crippen molar-refractivity contribution < 1.29 is 13.2 Å². The standard InChI is InChI=1S/C14H13ClF3N3OS2/c1-7-19-21(14(22)20(7)13(17)18)11-5-8(9(15)6-10(11)16)12-23-3-2-4-24-12/h5-6,12-13H,2-4H2,1H3. The highest BCUT2D eigenvalue weighted by atomic mass is 35.5. The molecule has 1 fully saturated rings. The second-order valence-corrected chi connectivity index (χ2v) is 8.27. The molecule has 1 aromatic carbocycles. The predicted molar refractivity (Wildman–Crippen MR) is 91.1 cm³/mol. The zero-order valence-corrected chi connectivity index (χ0v) is 14.9. The van der Waals surface area contributed by atoms with Crippen LogP contribution in [-0.4, -0.2) is 25.9 Å². The molecule has 2 aromatic rings. The Balaban J connectivity index is 2.12. The van der Waals surface area contributed by atoms with Crippen LogP contribution < -0.4 is 5.69 Å². The Morgan fingerprint density at radius 3 is 2.58 bits per heavy atom. The largest absolute Gasteiger partial charge is 0.355 e. The minimum absolute atomic E-state index is 0.0135. The van der Waals surface area contributed by atoms with Gasteiger partial charge in [-0.2, -0.15) is 13.5 Å². The number of halogens is 4. The highest BCUT2D eigenvalue weighted by molar-refractivity contribution is 8.16. The number of nitrogens with zero attached hydrogens (tertiary/aromatic N) is 3. The summed E-state index contributed by atoms with van der Waals surface area (Å²) in [6.07, 6.45) is 1.08. The van der Waals surface area contributed by atoms with Gasteiger partial charge in [0.05, 0.1) is 4.58 Å². The van der Waals surface area contributed by atoms with Crippen LogP contribution in [0.2, 0.25) is 5.02 Å². The van der Waals surface area contributed by atoms with E-state index in [1.807, 2.05) is 0 Å². The summed E-state index contributed by atoms with van der Waals surface area (Å²) in [4.78, 5) is 12.1. The molecule has 3 rings (SSSR count). The fraction of sp³-hybridized carbons (Fsp3) is 0.429. The van der Waals surface area contributed by atoms with Crippen molar-refractivity contribution in [1.29, 1.82) is 0 Å². The topological polar surface area (TPSA) is 39.8 Å². The van der Waals surface area contributed by atoms with Gasteiger partial charge in [0, 0.05) is 5.02 Å². The lowest BCUT2D eigenvalue weighted by Crippen LogP contribution is -2.25. The van der Waals surface area contributed by atoms with E-state index in [0.717, 1.165) is 24.0 Å². The Morgan fingerprint density at radius 2 is 2.00 bits per heavy atom. The molecule has 0 unspecified atom stereocenters. The third kappa shape index (κ3) is 3.21. The van der Waals surface area contributed by atoms with Crippen molar-refractivity contribution in [3.63, 3.8) is 0 Å². The van der Waals surface area contributed by atoms with Gasteiger partial charge in [0.15, 0.2) is 5.82 Å². The molecule has 1 aliphatic heterocycles. The van der Waals surface area contributed by atoms with Crippen LogP contribution in [0.25, 0.3) is 5.69 Å². The first-order valence-corrected chi connectivity index (χ1v) is 9.56. The molecule has 0 amide bonds. The summed E-state index contributed by atoms with van der Waals surface area (Å²) in [5.41, 5.74) is -0.591. The van der Waals surface area contributed by atoms with Gasteiger partial charge in [-0.1, -0.05) is 11.6 Å². The molecular weight excluding hydrogens is 383 g/mol. The average Bonchev–Trinajstić information content (AvgIpc) is 2.83. The Morgan fingerprint density at radius 1 is 1.33 bits per heavy atom. The Kier molecular flexibility index (Phi) is 5.22. The number of hydrogen-bond donors (Lipinski definition) is 0. The fourth-order valence-electron chi connectivity index (χ4n) is 2.42. The Labute approximate surface area is 149 Å². The number of alkyl halides is 2. The quantitative estimate of drug-likeness (QED) is 0.772. The van der Waals surface area contributed by atoms with Gasteiger partial charge in [0.1, 0.15) is 11.5 Å². The molecule has 1 saturated heterocycles. The van der Waals surface area contributed by atoms with E-state index >= 15 is 0 Å². The molecule has 0 radical (unpaired) electrons. The van der Waals surface area contributed by atoms with E-state index in [1.165, 1.54) is 13.0 Å². The molecule has 130 valence electrons. The molecule has 1 aromatic heterocycles. The van der Waals surface area contributed by atoms with E-state index < -0.39 is 18.1 Å². The van der Waals surface area contributed by atoms with Crippen molar-refractivity contribution in [3.8, 4) is 5.69 Å². The lowest BCUT2D eigenvalue weighted by Gasteiger charge is -2.22.